The molecule has 0 aliphatic rings. The first-order valence-corrected chi connectivity index (χ1v) is 13.7. The van der Waals surface area contributed by atoms with Crippen LogP contribution in [-0.2, 0) is 7.05 Å². The minimum atomic E-state index is -1.95. The van der Waals surface area contributed by atoms with E-state index in [4.69, 9.17) is 5.73 Å². The summed E-state index contributed by atoms with van der Waals surface area (Å²) in [5.41, 5.74) is 5.62. The Balaban J connectivity index is 3.08. The number of nitrogen functional groups attached to an aromatic ring is 1. The Morgan fingerprint density at radius 3 is 2.18 bits per heavy atom. The molecule has 0 atom stereocenters. The number of hydrogen-bond acceptors (Lipinski definition) is 2. The Morgan fingerprint density at radius 2 is 2.00 bits per heavy atom. The number of rotatable bonds is 1. The van der Waals surface area contributed by atoms with E-state index in [1.165, 1.54) is 3.71 Å². The Kier molecular flexibility index (Phi) is 2.18. The van der Waals surface area contributed by atoms with Crippen molar-refractivity contribution in [1.29, 1.82) is 0 Å². The molecule has 1 rings (SSSR count). The zero-order valence-corrected chi connectivity index (χ0v) is 10.4. The summed E-state index contributed by atoms with van der Waals surface area (Å²) < 4.78 is 3.14. The summed E-state index contributed by atoms with van der Waals surface area (Å²) in [6.45, 7) is 0. The second-order valence-electron chi connectivity index (χ2n) is 3.85. The fourth-order valence-corrected chi connectivity index (χ4v) is 3.78. The SMILES string of the molecule is Cn1c[c]([Sn]([CH3])([CH3])[CH3])nc1N. The molecule has 1 aromatic heterocycles. The van der Waals surface area contributed by atoms with Gasteiger partial charge in [0.05, 0.1) is 0 Å². The van der Waals surface area contributed by atoms with Crippen molar-refractivity contribution in [3.8, 4) is 0 Å². The van der Waals surface area contributed by atoms with Gasteiger partial charge in [0.1, 0.15) is 0 Å². The van der Waals surface area contributed by atoms with Gasteiger partial charge in [0.2, 0.25) is 0 Å². The number of nitrogens with zero attached hydrogens (tertiary/aromatic N) is 2. The van der Waals surface area contributed by atoms with Gasteiger partial charge in [-0.15, -0.1) is 0 Å². The van der Waals surface area contributed by atoms with Gasteiger partial charge in [-0.1, -0.05) is 0 Å². The van der Waals surface area contributed by atoms with Crippen molar-refractivity contribution in [2.45, 2.75) is 14.8 Å². The molecule has 1 heterocycles. The van der Waals surface area contributed by atoms with Gasteiger partial charge in [-0.05, 0) is 0 Å². The first-order valence-electron chi connectivity index (χ1n) is 3.70. The molecular formula is C7H15N3Sn. The van der Waals surface area contributed by atoms with Gasteiger partial charge in [-0.25, -0.2) is 0 Å². The second-order valence-corrected chi connectivity index (χ2v) is 18.2. The van der Waals surface area contributed by atoms with E-state index in [2.05, 4.69) is 26.0 Å². The fourth-order valence-electron chi connectivity index (χ4n) is 0.842. The van der Waals surface area contributed by atoms with Crippen molar-refractivity contribution in [2.75, 3.05) is 5.73 Å². The van der Waals surface area contributed by atoms with E-state index in [0.717, 1.165) is 0 Å². The van der Waals surface area contributed by atoms with Crippen LogP contribution in [0.1, 0.15) is 0 Å². The summed E-state index contributed by atoms with van der Waals surface area (Å²) >= 11 is -1.95. The molecule has 0 aromatic carbocycles. The van der Waals surface area contributed by atoms with E-state index >= 15 is 0 Å². The van der Waals surface area contributed by atoms with E-state index in [9.17, 15) is 0 Å². The van der Waals surface area contributed by atoms with E-state index < -0.39 is 18.4 Å². The standard InChI is InChI=1S/C4H6N3.3CH3.Sn/c1-7-3-2-6-4(7)5;;;;/h3H,1H3,(H2,5,6);3*1H3;. The minimum absolute atomic E-state index is 0.631. The van der Waals surface area contributed by atoms with Crippen LogP contribution in [0.2, 0.25) is 14.8 Å². The van der Waals surface area contributed by atoms with E-state index in [0.29, 0.717) is 5.95 Å². The van der Waals surface area contributed by atoms with Crippen LogP contribution in [0, 0.1) is 0 Å². The monoisotopic (exact) mass is 261 g/mol. The normalized spacial score (nSPS) is 12.0. The fraction of sp³-hybridized carbons (Fsp3) is 0.571. The molecule has 3 nitrogen and oxygen atoms in total. The molecule has 0 unspecified atom stereocenters. The third-order valence-electron chi connectivity index (χ3n) is 1.68. The number of aromatic nitrogens is 2. The first-order chi connectivity index (χ1) is 4.91. The Hall–Kier alpha value is -0.191. The van der Waals surface area contributed by atoms with Crippen molar-refractivity contribution in [2.24, 2.45) is 7.05 Å². The van der Waals surface area contributed by atoms with Crippen LogP contribution in [0.5, 0.6) is 0 Å². The van der Waals surface area contributed by atoms with Crippen LogP contribution < -0.4 is 9.44 Å². The predicted octanol–water partition coefficient (Wildman–Crippen LogP) is 0.547. The van der Waals surface area contributed by atoms with Crippen molar-refractivity contribution < 1.29 is 0 Å². The average Bonchev–Trinajstić information content (AvgIpc) is 2.11. The summed E-state index contributed by atoms with van der Waals surface area (Å²) in [4.78, 5) is 11.3. The molecule has 0 bridgehead atoms. The molecule has 11 heavy (non-hydrogen) atoms. The maximum atomic E-state index is 5.62. The number of imidazole rings is 1. The number of aryl methyl sites for hydroxylation is 1. The van der Waals surface area contributed by atoms with Gasteiger partial charge in [0, 0.05) is 0 Å². The van der Waals surface area contributed by atoms with Crippen LogP contribution in [-0.4, -0.2) is 27.9 Å². The first kappa shape index (κ1) is 8.90. The molecular weight excluding hydrogens is 245 g/mol. The van der Waals surface area contributed by atoms with E-state index in [1.807, 2.05) is 11.6 Å². The van der Waals surface area contributed by atoms with Crippen molar-refractivity contribution in [3.05, 3.63) is 6.20 Å². The third-order valence-corrected chi connectivity index (χ3v) is 6.75. The molecule has 0 saturated heterocycles. The second kappa shape index (κ2) is 2.69. The molecule has 62 valence electrons. The van der Waals surface area contributed by atoms with Gasteiger partial charge in [0.15, 0.2) is 0 Å². The molecule has 0 aliphatic carbocycles. The van der Waals surface area contributed by atoms with Crippen molar-refractivity contribution in [1.82, 2.24) is 9.55 Å². The topological polar surface area (TPSA) is 43.8 Å². The molecule has 0 spiro atoms. The quantitative estimate of drug-likeness (QED) is 0.749. The van der Waals surface area contributed by atoms with Crippen LogP contribution in [0.25, 0.3) is 0 Å². The molecule has 2 N–H and O–H groups in total. The van der Waals surface area contributed by atoms with Gasteiger partial charge in [-0.3, -0.25) is 0 Å². The molecule has 0 fully saturated rings. The molecule has 0 radical (unpaired) electrons. The van der Waals surface area contributed by atoms with Crippen LogP contribution in [0.4, 0.5) is 5.95 Å². The number of nitrogens with two attached hydrogens (primary N) is 1. The van der Waals surface area contributed by atoms with Crippen molar-refractivity contribution in [3.63, 3.8) is 0 Å². The van der Waals surface area contributed by atoms with Crippen LogP contribution in [0.15, 0.2) is 6.20 Å². The molecule has 4 heteroatoms. The van der Waals surface area contributed by atoms with Gasteiger partial charge in [0.25, 0.3) is 0 Å². The predicted molar refractivity (Wildman–Crippen MR) is 50.6 cm³/mol. The third kappa shape index (κ3) is 1.89. The average molecular weight is 260 g/mol. The molecule has 0 aliphatic heterocycles. The van der Waals surface area contributed by atoms with Crippen molar-refractivity contribution >= 4 is 28.0 Å². The molecule has 0 amide bonds. The number of hydrogen-bond donors (Lipinski definition) is 1. The van der Waals surface area contributed by atoms with Gasteiger partial charge in [-0.2, -0.15) is 0 Å². The summed E-state index contributed by atoms with van der Waals surface area (Å²) in [7, 11) is 1.93. The Labute approximate surface area is 71.5 Å². The number of anilines is 1. The van der Waals surface area contributed by atoms with Gasteiger partial charge < -0.3 is 0 Å². The summed E-state index contributed by atoms with van der Waals surface area (Å²) in [6.07, 6.45) is 2.06. The maximum absolute atomic E-state index is 5.62. The summed E-state index contributed by atoms with van der Waals surface area (Å²) in [6, 6.07) is 0. The van der Waals surface area contributed by atoms with E-state index in [-0.39, 0.29) is 0 Å². The van der Waals surface area contributed by atoms with Crippen LogP contribution >= 0.6 is 0 Å². The Bertz CT molecular complexity index is 240. The summed E-state index contributed by atoms with van der Waals surface area (Å²) in [5, 5.41) is 0. The van der Waals surface area contributed by atoms with Crippen LogP contribution in [0.3, 0.4) is 0 Å². The van der Waals surface area contributed by atoms with E-state index in [1.54, 1.807) is 0 Å². The molecule has 0 saturated carbocycles. The molecule has 1 aromatic rings. The Morgan fingerprint density at radius 1 is 1.45 bits per heavy atom. The van der Waals surface area contributed by atoms with Gasteiger partial charge >= 0.3 is 71.4 Å². The summed E-state index contributed by atoms with van der Waals surface area (Å²) in [5.74, 6) is 0.631. The zero-order chi connectivity index (χ0) is 8.65. The zero-order valence-electron chi connectivity index (χ0n) is 7.55.